The Hall–Kier alpha value is -1.31. The van der Waals surface area contributed by atoms with E-state index in [-0.39, 0.29) is 0 Å². The van der Waals surface area contributed by atoms with Crippen molar-refractivity contribution in [1.82, 2.24) is 4.98 Å². The molecule has 0 bridgehead atoms. The summed E-state index contributed by atoms with van der Waals surface area (Å²) >= 11 is 0. The van der Waals surface area contributed by atoms with Crippen molar-refractivity contribution in [2.24, 2.45) is 0 Å². The zero-order valence-electron chi connectivity index (χ0n) is 7.17. The number of hydrogen-bond acceptors (Lipinski definition) is 1. The van der Waals surface area contributed by atoms with E-state index in [9.17, 15) is 0 Å². The molecular formula is C10H10BN. The SMILES string of the molecule is [B]C(=C)c1cncc(C)c1C=C. The van der Waals surface area contributed by atoms with Crippen LogP contribution in [-0.4, -0.2) is 12.8 Å². The molecule has 1 heterocycles. The smallest absolute Gasteiger partial charge is 0.113 e. The van der Waals surface area contributed by atoms with E-state index < -0.39 is 0 Å². The third-order valence-corrected chi connectivity index (χ3v) is 1.74. The first-order valence-corrected chi connectivity index (χ1v) is 3.68. The van der Waals surface area contributed by atoms with Crippen molar-refractivity contribution in [1.29, 1.82) is 0 Å². The van der Waals surface area contributed by atoms with E-state index in [1.54, 1.807) is 18.5 Å². The Kier molecular flexibility index (Phi) is 2.49. The summed E-state index contributed by atoms with van der Waals surface area (Å²) in [6.07, 6.45) is 5.25. The fourth-order valence-corrected chi connectivity index (χ4v) is 1.10. The highest BCUT2D eigenvalue weighted by Gasteiger charge is 2.01. The largest absolute Gasteiger partial charge is 0.264 e. The molecule has 1 aromatic rings. The Morgan fingerprint density at radius 1 is 1.58 bits per heavy atom. The van der Waals surface area contributed by atoms with Crippen molar-refractivity contribution in [3.8, 4) is 0 Å². The maximum atomic E-state index is 5.58. The van der Waals surface area contributed by atoms with E-state index >= 15 is 0 Å². The van der Waals surface area contributed by atoms with Gasteiger partial charge in [0.05, 0.1) is 0 Å². The van der Waals surface area contributed by atoms with Crippen LogP contribution in [0.3, 0.4) is 0 Å². The molecule has 2 radical (unpaired) electrons. The van der Waals surface area contributed by atoms with Crippen LogP contribution >= 0.6 is 0 Å². The lowest BCUT2D eigenvalue weighted by molar-refractivity contribution is 1.24. The molecule has 0 spiro atoms. The molecular weight excluding hydrogens is 145 g/mol. The van der Waals surface area contributed by atoms with Gasteiger partial charge in [0, 0.05) is 12.4 Å². The summed E-state index contributed by atoms with van der Waals surface area (Å²) in [5.74, 6) is 0. The van der Waals surface area contributed by atoms with E-state index in [4.69, 9.17) is 7.85 Å². The summed E-state index contributed by atoms with van der Waals surface area (Å²) in [5.41, 5.74) is 3.47. The predicted octanol–water partition coefficient (Wildman–Crippen LogP) is 2.17. The standard InChI is InChI=1S/C10H10BN/c1-4-9-7(2)5-12-6-10(9)8(3)11/h4-6H,1,3H2,2H3. The van der Waals surface area contributed by atoms with Crippen molar-refractivity contribution in [2.45, 2.75) is 6.92 Å². The van der Waals surface area contributed by atoms with Crippen molar-refractivity contribution >= 4 is 19.4 Å². The minimum Gasteiger partial charge on any atom is -0.264 e. The topological polar surface area (TPSA) is 12.9 Å². The molecule has 1 aromatic heterocycles. The molecule has 0 atom stereocenters. The van der Waals surface area contributed by atoms with Crippen LogP contribution in [0, 0.1) is 6.92 Å². The lowest BCUT2D eigenvalue weighted by Crippen LogP contribution is -1.92. The highest BCUT2D eigenvalue weighted by Crippen LogP contribution is 2.18. The Morgan fingerprint density at radius 3 is 2.67 bits per heavy atom. The molecule has 0 unspecified atom stereocenters. The molecule has 0 aliphatic carbocycles. The van der Waals surface area contributed by atoms with Crippen molar-refractivity contribution in [2.75, 3.05) is 0 Å². The zero-order valence-corrected chi connectivity index (χ0v) is 7.17. The maximum Gasteiger partial charge on any atom is 0.113 e. The van der Waals surface area contributed by atoms with E-state index in [0.29, 0.717) is 5.47 Å². The molecule has 0 saturated heterocycles. The molecule has 0 amide bonds. The Morgan fingerprint density at radius 2 is 2.25 bits per heavy atom. The number of aromatic nitrogens is 1. The van der Waals surface area contributed by atoms with Gasteiger partial charge in [-0.05, 0) is 23.6 Å². The Bertz CT molecular complexity index is 329. The second kappa shape index (κ2) is 3.39. The highest BCUT2D eigenvalue weighted by atomic mass is 14.6. The van der Waals surface area contributed by atoms with Crippen LogP contribution < -0.4 is 0 Å². The summed E-state index contributed by atoms with van der Waals surface area (Å²) in [4.78, 5) is 4.03. The second-order valence-corrected chi connectivity index (χ2v) is 2.65. The van der Waals surface area contributed by atoms with E-state index in [1.165, 1.54) is 0 Å². The predicted molar refractivity (Wildman–Crippen MR) is 53.9 cm³/mol. The van der Waals surface area contributed by atoms with E-state index in [2.05, 4.69) is 18.1 Å². The van der Waals surface area contributed by atoms with Gasteiger partial charge in [-0.25, -0.2) is 0 Å². The van der Waals surface area contributed by atoms with Crippen LogP contribution in [0.15, 0.2) is 25.6 Å². The number of pyridine rings is 1. The van der Waals surface area contributed by atoms with Gasteiger partial charge in [0.15, 0.2) is 0 Å². The van der Waals surface area contributed by atoms with Crippen molar-refractivity contribution < 1.29 is 0 Å². The zero-order chi connectivity index (χ0) is 9.14. The number of rotatable bonds is 2. The van der Waals surface area contributed by atoms with Gasteiger partial charge in [-0.15, -0.1) is 6.58 Å². The number of hydrogen-bond donors (Lipinski definition) is 0. The fourth-order valence-electron chi connectivity index (χ4n) is 1.10. The molecule has 0 aliphatic heterocycles. The number of aryl methyl sites for hydroxylation is 1. The Balaban J connectivity index is 3.37. The van der Waals surface area contributed by atoms with Crippen LogP contribution in [0.1, 0.15) is 16.7 Å². The molecule has 0 fully saturated rings. The first kappa shape index (κ1) is 8.79. The quantitative estimate of drug-likeness (QED) is 0.596. The van der Waals surface area contributed by atoms with Gasteiger partial charge >= 0.3 is 0 Å². The van der Waals surface area contributed by atoms with Gasteiger partial charge in [0.1, 0.15) is 7.85 Å². The van der Waals surface area contributed by atoms with Crippen LogP contribution in [0.2, 0.25) is 0 Å². The van der Waals surface area contributed by atoms with Gasteiger partial charge in [-0.1, -0.05) is 18.1 Å². The van der Waals surface area contributed by atoms with Crippen LogP contribution in [-0.2, 0) is 0 Å². The summed E-state index contributed by atoms with van der Waals surface area (Å²) in [7, 11) is 5.58. The van der Waals surface area contributed by atoms with Crippen molar-refractivity contribution in [3.63, 3.8) is 0 Å². The van der Waals surface area contributed by atoms with Crippen LogP contribution in [0.25, 0.3) is 11.5 Å². The fraction of sp³-hybridized carbons (Fsp3) is 0.100. The minimum atomic E-state index is 0.529. The third-order valence-electron chi connectivity index (χ3n) is 1.74. The summed E-state index contributed by atoms with van der Waals surface area (Å²) in [6, 6.07) is 0. The van der Waals surface area contributed by atoms with Crippen LogP contribution in [0.5, 0.6) is 0 Å². The summed E-state index contributed by atoms with van der Waals surface area (Å²) in [6.45, 7) is 9.34. The first-order chi connectivity index (χ1) is 5.66. The number of nitrogens with zero attached hydrogens (tertiary/aromatic N) is 1. The molecule has 1 nitrogen and oxygen atoms in total. The van der Waals surface area contributed by atoms with E-state index in [0.717, 1.165) is 16.7 Å². The van der Waals surface area contributed by atoms with E-state index in [1.807, 2.05) is 6.92 Å². The highest BCUT2D eigenvalue weighted by molar-refractivity contribution is 6.42. The summed E-state index contributed by atoms with van der Waals surface area (Å²) in [5, 5.41) is 0. The maximum absolute atomic E-state index is 5.58. The van der Waals surface area contributed by atoms with Crippen LogP contribution in [0.4, 0.5) is 0 Å². The first-order valence-electron chi connectivity index (χ1n) is 3.68. The molecule has 0 N–H and O–H groups in total. The van der Waals surface area contributed by atoms with Crippen molar-refractivity contribution in [3.05, 3.63) is 42.2 Å². The van der Waals surface area contributed by atoms with Gasteiger partial charge in [-0.3, -0.25) is 4.98 Å². The molecule has 12 heavy (non-hydrogen) atoms. The molecule has 2 heteroatoms. The third kappa shape index (κ3) is 1.47. The lowest BCUT2D eigenvalue weighted by Gasteiger charge is -2.07. The monoisotopic (exact) mass is 155 g/mol. The van der Waals surface area contributed by atoms with Gasteiger partial charge in [0.25, 0.3) is 0 Å². The second-order valence-electron chi connectivity index (χ2n) is 2.65. The average molecular weight is 155 g/mol. The molecule has 0 aromatic carbocycles. The molecule has 0 saturated carbocycles. The lowest BCUT2D eigenvalue weighted by atomic mass is 9.87. The molecule has 58 valence electrons. The summed E-state index contributed by atoms with van der Waals surface area (Å²) < 4.78 is 0. The molecule has 1 rings (SSSR count). The Labute approximate surface area is 74.2 Å². The minimum absolute atomic E-state index is 0.529. The molecule has 0 aliphatic rings. The average Bonchev–Trinajstić information content (AvgIpc) is 2.03. The van der Waals surface area contributed by atoms with Gasteiger partial charge in [0.2, 0.25) is 0 Å². The van der Waals surface area contributed by atoms with Gasteiger partial charge < -0.3 is 0 Å². The van der Waals surface area contributed by atoms with Gasteiger partial charge in [-0.2, -0.15) is 0 Å². The normalized spacial score (nSPS) is 9.42.